The third-order valence-electron chi connectivity index (χ3n) is 6.56. The van der Waals surface area contributed by atoms with Crippen LogP contribution in [0.2, 0.25) is 0 Å². The first-order valence-corrected chi connectivity index (χ1v) is 13.0. The molecule has 0 saturated carbocycles. The average Bonchev–Trinajstić information content (AvgIpc) is 2.74. The summed E-state index contributed by atoms with van der Waals surface area (Å²) >= 11 is 0. The van der Waals surface area contributed by atoms with Gasteiger partial charge in [0.25, 0.3) is 0 Å². The van der Waals surface area contributed by atoms with Gasteiger partial charge in [-0.05, 0) is 33.6 Å². The molecule has 0 radical (unpaired) electrons. The molecular formula is C28H56Cl2N2. The van der Waals surface area contributed by atoms with Crippen molar-refractivity contribution in [3.8, 4) is 0 Å². The largest absolute Gasteiger partial charge is 1.00 e. The van der Waals surface area contributed by atoms with Crippen molar-refractivity contribution in [1.29, 1.82) is 0 Å². The molecule has 32 heavy (non-hydrogen) atoms. The summed E-state index contributed by atoms with van der Waals surface area (Å²) in [5, 5.41) is 0. The van der Waals surface area contributed by atoms with Crippen LogP contribution in [0.5, 0.6) is 0 Å². The molecule has 1 aromatic carbocycles. The molecule has 0 aliphatic rings. The Bertz CT molecular complexity index is 474. The summed E-state index contributed by atoms with van der Waals surface area (Å²) in [6, 6.07) is 10.8. The second kappa shape index (κ2) is 22.5. The maximum Gasteiger partial charge on any atom is 0.104 e. The molecule has 4 heteroatoms. The Morgan fingerprint density at radius 3 is 1.34 bits per heavy atom. The predicted octanol–water partition coefficient (Wildman–Crippen LogP) is 1.68. The van der Waals surface area contributed by atoms with Crippen LogP contribution in [0.15, 0.2) is 30.3 Å². The number of quaternary nitrogens is 2. The van der Waals surface area contributed by atoms with E-state index in [1.54, 1.807) is 0 Å². The number of nitrogens with zero attached hydrogens (tertiary/aromatic N) is 2. The van der Waals surface area contributed by atoms with Gasteiger partial charge >= 0.3 is 0 Å². The SMILES string of the molecule is CCCCCCCCCCCC[N+](C)(C)C.CC[N+](CC)(CC)Cc1ccccc1.[Cl-].[Cl-]. The summed E-state index contributed by atoms with van der Waals surface area (Å²) in [6.07, 6.45) is 14.4. The highest BCUT2D eigenvalue weighted by molar-refractivity contribution is 5.13. The van der Waals surface area contributed by atoms with E-state index >= 15 is 0 Å². The Labute approximate surface area is 215 Å². The van der Waals surface area contributed by atoms with Crippen LogP contribution >= 0.6 is 0 Å². The van der Waals surface area contributed by atoms with Crippen LogP contribution in [0.4, 0.5) is 0 Å². The van der Waals surface area contributed by atoms with Crippen molar-refractivity contribution < 1.29 is 33.8 Å². The van der Waals surface area contributed by atoms with Crippen molar-refractivity contribution in [2.24, 2.45) is 0 Å². The van der Waals surface area contributed by atoms with E-state index in [2.05, 4.69) is 79.2 Å². The highest BCUT2D eigenvalue weighted by Gasteiger charge is 2.20. The van der Waals surface area contributed by atoms with Crippen molar-refractivity contribution >= 4 is 0 Å². The average molecular weight is 492 g/mol. The molecule has 0 heterocycles. The monoisotopic (exact) mass is 490 g/mol. The molecule has 0 fully saturated rings. The molecule has 1 rings (SSSR count). The lowest BCUT2D eigenvalue weighted by Crippen LogP contribution is -3.00. The fourth-order valence-corrected chi connectivity index (χ4v) is 4.05. The Balaban J connectivity index is -0.000000497. The quantitative estimate of drug-likeness (QED) is 0.244. The molecule has 0 aliphatic heterocycles. The third kappa shape index (κ3) is 20.3. The van der Waals surface area contributed by atoms with Gasteiger partial charge < -0.3 is 33.8 Å². The van der Waals surface area contributed by atoms with E-state index < -0.39 is 0 Å². The maximum atomic E-state index is 2.29. The van der Waals surface area contributed by atoms with Crippen LogP contribution in [0.1, 0.15) is 97.5 Å². The van der Waals surface area contributed by atoms with E-state index in [1.807, 2.05) is 0 Å². The molecule has 2 nitrogen and oxygen atoms in total. The standard InChI is InChI=1S/C15H34N.C13H22N.2ClH/c1-5-6-7-8-9-10-11-12-13-14-15-16(2,3)4;1-4-14(5-2,6-3)12-13-10-8-7-9-11-13;;/h5-15H2,1-4H3;7-11H,4-6,12H2,1-3H3;2*1H/q2*+1;;/p-2. The molecule has 0 N–H and O–H groups in total. The number of hydrogen-bond donors (Lipinski definition) is 0. The Morgan fingerprint density at radius 1 is 0.562 bits per heavy atom. The van der Waals surface area contributed by atoms with E-state index in [9.17, 15) is 0 Å². The summed E-state index contributed by atoms with van der Waals surface area (Å²) in [7, 11) is 6.86. The van der Waals surface area contributed by atoms with E-state index in [1.165, 1.54) is 107 Å². The van der Waals surface area contributed by atoms with Crippen molar-refractivity contribution in [2.75, 3.05) is 47.3 Å². The van der Waals surface area contributed by atoms with Crippen molar-refractivity contribution in [3.63, 3.8) is 0 Å². The van der Waals surface area contributed by atoms with Crippen LogP contribution in [0.3, 0.4) is 0 Å². The van der Waals surface area contributed by atoms with Crippen LogP contribution in [0.25, 0.3) is 0 Å². The van der Waals surface area contributed by atoms with Crippen LogP contribution in [0, 0.1) is 0 Å². The summed E-state index contributed by atoms with van der Waals surface area (Å²) in [4.78, 5) is 0. The molecule has 1 aromatic rings. The van der Waals surface area contributed by atoms with Crippen LogP contribution in [-0.2, 0) is 6.54 Å². The van der Waals surface area contributed by atoms with Crippen molar-refractivity contribution in [2.45, 2.75) is 98.4 Å². The summed E-state index contributed by atoms with van der Waals surface area (Å²) in [6.45, 7) is 15.3. The Morgan fingerprint density at radius 2 is 0.969 bits per heavy atom. The highest BCUT2D eigenvalue weighted by Crippen LogP contribution is 2.13. The van der Waals surface area contributed by atoms with Gasteiger partial charge in [0.1, 0.15) is 6.54 Å². The first-order valence-electron chi connectivity index (χ1n) is 13.0. The lowest BCUT2D eigenvalue weighted by Gasteiger charge is -2.35. The van der Waals surface area contributed by atoms with Crippen molar-refractivity contribution in [1.82, 2.24) is 0 Å². The Hall–Kier alpha value is -0.280. The number of unbranched alkanes of at least 4 members (excludes halogenated alkanes) is 9. The van der Waals surface area contributed by atoms with Gasteiger partial charge in [0.15, 0.2) is 0 Å². The normalized spacial score (nSPS) is 11.1. The number of hydrogen-bond acceptors (Lipinski definition) is 0. The second-order valence-electron chi connectivity index (χ2n) is 10.1. The van der Waals surface area contributed by atoms with Gasteiger partial charge in [-0.2, -0.15) is 0 Å². The molecule has 0 aromatic heterocycles. The van der Waals surface area contributed by atoms with E-state index in [0.717, 1.165) is 4.48 Å². The van der Waals surface area contributed by atoms with Gasteiger partial charge in [0.2, 0.25) is 0 Å². The van der Waals surface area contributed by atoms with E-state index in [0.29, 0.717) is 0 Å². The van der Waals surface area contributed by atoms with Gasteiger partial charge in [0, 0.05) is 5.56 Å². The smallest absolute Gasteiger partial charge is 0.104 e. The molecule has 192 valence electrons. The number of halogens is 2. The topological polar surface area (TPSA) is 0 Å². The van der Waals surface area contributed by atoms with Gasteiger partial charge in [0.05, 0.1) is 47.3 Å². The minimum atomic E-state index is 0. The maximum absolute atomic E-state index is 2.29. The van der Waals surface area contributed by atoms with Gasteiger partial charge in [-0.15, -0.1) is 0 Å². The zero-order chi connectivity index (χ0) is 22.7. The summed E-state index contributed by atoms with van der Waals surface area (Å²) in [5.41, 5.74) is 1.46. The minimum absolute atomic E-state index is 0. The third-order valence-corrected chi connectivity index (χ3v) is 6.56. The zero-order valence-electron chi connectivity index (χ0n) is 22.6. The molecule has 0 atom stereocenters. The van der Waals surface area contributed by atoms with Gasteiger partial charge in [-0.1, -0.05) is 88.6 Å². The van der Waals surface area contributed by atoms with Gasteiger partial charge in [-0.25, -0.2) is 0 Å². The minimum Gasteiger partial charge on any atom is -1.00 e. The first kappa shape index (κ1) is 36.3. The predicted molar refractivity (Wildman–Crippen MR) is 137 cm³/mol. The van der Waals surface area contributed by atoms with Crippen LogP contribution < -0.4 is 24.8 Å². The zero-order valence-corrected chi connectivity index (χ0v) is 24.2. The van der Waals surface area contributed by atoms with Gasteiger partial charge in [-0.3, -0.25) is 0 Å². The molecule has 0 bridgehead atoms. The fraction of sp³-hybridized carbons (Fsp3) is 0.786. The second-order valence-corrected chi connectivity index (χ2v) is 10.1. The molecule has 0 aliphatic carbocycles. The van der Waals surface area contributed by atoms with E-state index in [4.69, 9.17) is 0 Å². The molecule has 0 spiro atoms. The van der Waals surface area contributed by atoms with Crippen LogP contribution in [-0.4, -0.2) is 56.3 Å². The fourth-order valence-electron chi connectivity index (χ4n) is 4.05. The molecule has 0 unspecified atom stereocenters. The molecule has 0 amide bonds. The molecular weight excluding hydrogens is 435 g/mol. The lowest BCUT2D eigenvalue weighted by atomic mass is 10.1. The first-order chi connectivity index (χ1) is 14.3. The number of benzene rings is 1. The highest BCUT2D eigenvalue weighted by atomic mass is 35.5. The summed E-state index contributed by atoms with van der Waals surface area (Å²) in [5.74, 6) is 0. The lowest BCUT2D eigenvalue weighted by molar-refractivity contribution is -0.936. The molecule has 0 saturated heterocycles. The summed E-state index contributed by atoms with van der Waals surface area (Å²) < 4.78 is 2.32. The van der Waals surface area contributed by atoms with E-state index in [-0.39, 0.29) is 24.8 Å². The Kier molecular flexibility index (Phi) is 25.5. The van der Waals surface area contributed by atoms with Crippen molar-refractivity contribution in [3.05, 3.63) is 35.9 Å². The number of rotatable bonds is 16.